The van der Waals surface area contributed by atoms with Crippen LogP contribution in [-0.4, -0.2) is 15.6 Å². The zero-order valence-electron chi connectivity index (χ0n) is 11.3. The molecule has 0 bridgehead atoms. The average molecular weight is 348 g/mol. The van der Waals surface area contributed by atoms with E-state index in [4.69, 9.17) is 0 Å². The Morgan fingerprint density at radius 3 is 2.95 bits per heavy atom. The molecule has 1 heterocycles. The van der Waals surface area contributed by atoms with E-state index in [9.17, 15) is 9.90 Å². The lowest BCUT2D eigenvalue weighted by atomic mass is 10.2. The highest BCUT2D eigenvalue weighted by Gasteiger charge is 2.30. The number of rotatable bonds is 4. The lowest BCUT2D eigenvalue weighted by Crippen LogP contribution is -1.93. The quantitative estimate of drug-likeness (QED) is 0.661. The Bertz CT molecular complexity index is 760. The molecule has 6 heteroatoms. The molecule has 1 fully saturated rings. The lowest BCUT2D eigenvalue weighted by Gasteiger charge is -2.02. The van der Waals surface area contributed by atoms with Crippen molar-refractivity contribution in [1.29, 1.82) is 0 Å². The van der Waals surface area contributed by atoms with Crippen molar-refractivity contribution >= 4 is 38.4 Å². The Balaban J connectivity index is 2.11. The van der Waals surface area contributed by atoms with Crippen LogP contribution in [0.5, 0.6) is 5.88 Å². The first-order valence-corrected chi connectivity index (χ1v) is 7.48. The number of allylic oxidation sites excluding steroid dienone is 1. The van der Waals surface area contributed by atoms with E-state index in [2.05, 4.69) is 32.7 Å². The van der Waals surface area contributed by atoms with E-state index in [1.54, 1.807) is 10.6 Å². The summed E-state index contributed by atoms with van der Waals surface area (Å²) in [6, 6.07) is 5.62. The maximum Gasteiger partial charge on any atom is 0.267 e. The molecule has 2 aromatic rings. The van der Waals surface area contributed by atoms with Crippen LogP contribution in [0.3, 0.4) is 0 Å². The smallest absolute Gasteiger partial charge is 0.267 e. The fraction of sp³-hybridized carbons (Fsp3) is 0.267. The second-order valence-electron chi connectivity index (χ2n) is 5.05. The minimum absolute atomic E-state index is 0.00431. The van der Waals surface area contributed by atoms with E-state index in [1.807, 2.05) is 18.2 Å². The lowest BCUT2D eigenvalue weighted by molar-refractivity contribution is -0.119. The van der Waals surface area contributed by atoms with Gasteiger partial charge in [-0.1, -0.05) is 22.0 Å². The van der Waals surface area contributed by atoms with Crippen molar-refractivity contribution in [1.82, 2.24) is 4.57 Å². The molecule has 1 saturated carbocycles. The molecule has 0 radical (unpaired) electrons. The number of hydrogen-bond donors (Lipinski definition) is 1. The molecule has 1 aromatic carbocycles. The van der Waals surface area contributed by atoms with Crippen LogP contribution < -0.4 is 0 Å². The van der Waals surface area contributed by atoms with Gasteiger partial charge in [0.15, 0.2) is 5.69 Å². The van der Waals surface area contributed by atoms with Gasteiger partial charge in [0, 0.05) is 22.3 Å². The number of carbonyl (C=O) groups excluding carboxylic acids is 1. The second kappa shape index (κ2) is 5.44. The summed E-state index contributed by atoms with van der Waals surface area (Å²) in [6.07, 6.45) is 3.46. The number of nitrogens with zero attached hydrogens (tertiary/aromatic N) is 3. The molecule has 21 heavy (non-hydrogen) atoms. The molecule has 1 amide bonds. The van der Waals surface area contributed by atoms with Gasteiger partial charge in [0.05, 0.1) is 5.52 Å². The van der Waals surface area contributed by atoms with Gasteiger partial charge >= 0.3 is 0 Å². The minimum atomic E-state index is -0.214. The van der Waals surface area contributed by atoms with Gasteiger partial charge < -0.3 is 9.67 Å². The summed E-state index contributed by atoms with van der Waals surface area (Å²) in [5, 5.41) is 18.8. The predicted molar refractivity (Wildman–Crippen MR) is 83.7 cm³/mol. The molecule has 3 rings (SSSR count). The Kier molecular flexibility index (Phi) is 3.63. The number of fused-ring (bicyclic) bond motifs is 1. The van der Waals surface area contributed by atoms with Crippen LogP contribution in [0.2, 0.25) is 0 Å². The Morgan fingerprint density at radius 2 is 2.29 bits per heavy atom. The Hall–Kier alpha value is -1.95. The van der Waals surface area contributed by atoms with Crippen molar-refractivity contribution in [2.45, 2.75) is 19.4 Å². The van der Waals surface area contributed by atoms with Crippen molar-refractivity contribution in [3.63, 3.8) is 0 Å². The monoisotopic (exact) mass is 347 g/mol. The van der Waals surface area contributed by atoms with Crippen LogP contribution in [0.1, 0.15) is 12.8 Å². The SMILES string of the molecule is C=CCn1c(O)c(N=NC(=O)C2CC2)c2cc(Br)ccc21. The maximum absolute atomic E-state index is 11.7. The highest BCUT2D eigenvalue weighted by Crippen LogP contribution is 2.40. The number of halogens is 1. The van der Waals surface area contributed by atoms with Gasteiger partial charge in [0.1, 0.15) is 0 Å². The molecular weight excluding hydrogens is 334 g/mol. The van der Waals surface area contributed by atoms with Crippen LogP contribution in [0, 0.1) is 5.92 Å². The normalized spacial score (nSPS) is 14.9. The molecule has 1 aliphatic carbocycles. The first-order chi connectivity index (χ1) is 10.1. The van der Waals surface area contributed by atoms with Gasteiger partial charge in [0.2, 0.25) is 5.88 Å². The first-order valence-electron chi connectivity index (χ1n) is 6.69. The standard InChI is InChI=1S/C15H14BrN3O2/c1-2-7-19-12-6-5-10(16)8-11(12)13(15(19)21)17-18-14(20)9-3-4-9/h2,5-6,8-9,21H,1,3-4,7H2. The van der Waals surface area contributed by atoms with Crippen molar-refractivity contribution < 1.29 is 9.90 Å². The van der Waals surface area contributed by atoms with E-state index >= 15 is 0 Å². The molecule has 0 unspecified atom stereocenters. The number of azo groups is 1. The second-order valence-corrected chi connectivity index (χ2v) is 5.96. The number of benzene rings is 1. The third kappa shape index (κ3) is 2.63. The summed E-state index contributed by atoms with van der Waals surface area (Å²) in [5.41, 5.74) is 1.14. The van der Waals surface area contributed by atoms with Gasteiger partial charge in [-0.05, 0) is 31.0 Å². The largest absolute Gasteiger partial charge is 0.493 e. The van der Waals surface area contributed by atoms with Crippen LogP contribution in [0.25, 0.3) is 10.9 Å². The average Bonchev–Trinajstić information content (AvgIpc) is 3.26. The predicted octanol–water partition coefficient (Wildman–Crippen LogP) is 4.32. The topological polar surface area (TPSA) is 66.9 Å². The molecule has 1 N–H and O–H groups in total. The molecule has 1 aliphatic rings. The van der Waals surface area contributed by atoms with Crippen LogP contribution in [0.15, 0.2) is 45.6 Å². The molecule has 0 spiro atoms. The van der Waals surface area contributed by atoms with E-state index in [0.717, 1.165) is 28.2 Å². The molecular formula is C15H14BrN3O2. The van der Waals surface area contributed by atoms with Gasteiger partial charge in [-0.25, -0.2) is 0 Å². The molecule has 0 atom stereocenters. The van der Waals surface area contributed by atoms with Crippen molar-refractivity contribution in [2.75, 3.05) is 0 Å². The third-order valence-corrected chi connectivity index (χ3v) is 3.95. The fourth-order valence-electron chi connectivity index (χ4n) is 2.22. The van der Waals surface area contributed by atoms with E-state index in [-0.39, 0.29) is 17.7 Å². The summed E-state index contributed by atoms with van der Waals surface area (Å²) in [5.74, 6) is -0.200. The number of amides is 1. The number of carbonyl (C=O) groups is 1. The fourth-order valence-corrected chi connectivity index (χ4v) is 2.58. The summed E-state index contributed by atoms with van der Waals surface area (Å²) in [6.45, 7) is 4.14. The van der Waals surface area contributed by atoms with Crippen LogP contribution in [-0.2, 0) is 11.3 Å². The van der Waals surface area contributed by atoms with Crippen molar-refractivity contribution in [2.24, 2.45) is 16.1 Å². The number of aromatic nitrogens is 1. The van der Waals surface area contributed by atoms with Gasteiger partial charge in [-0.2, -0.15) is 0 Å². The highest BCUT2D eigenvalue weighted by molar-refractivity contribution is 9.10. The molecule has 5 nitrogen and oxygen atoms in total. The van der Waals surface area contributed by atoms with Crippen LogP contribution >= 0.6 is 15.9 Å². The van der Waals surface area contributed by atoms with Gasteiger partial charge in [0.25, 0.3) is 5.91 Å². The minimum Gasteiger partial charge on any atom is -0.493 e. The van der Waals surface area contributed by atoms with E-state index < -0.39 is 0 Å². The van der Waals surface area contributed by atoms with E-state index in [0.29, 0.717) is 12.2 Å². The summed E-state index contributed by atoms with van der Waals surface area (Å²) < 4.78 is 2.56. The maximum atomic E-state index is 11.7. The highest BCUT2D eigenvalue weighted by atomic mass is 79.9. The van der Waals surface area contributed by atoms with E-state index in [1.165, 1.54) is 0 Å². The summed E-state index contributed by atoms with van der Waals surface area (Å²) in [7, 11) is 0. The molecule has 108 valence electrons. The zero-order valence-corrected chi connectivity index (χ0v) is 12.9. The van der Waals surface area contributed by atoms with Crippen LogP contribution in [0.4, 0.5) is 5.69 Å². The first kappa shape index (κ1) is 14.0. The van der Waals surface area contributed by atoms with Gasteiger partial charge in [-0.3, -0.25) is 4.79 Å². The Morgan fingerprint density at radius 1 is 1.52 bits per heavy atom. The third-order valence-electron chi connectivity index (χ3n) is 3.46. The van der Waals surface area contributed by atoms with Crippen molar-refractivity contribution in [3.05, 3.63) is 35.3 Å². The van der Waals surface area contributed by atoms with Crippen molar-refractivity contribution in [3.8, 4) is 5.88 Å². The molecule has 0 saturated heterocycles. The zero-order chi connectivity index (χ0) is 15.0. The Labute approximate surface area is 130 Å². The number of aromatic hydroxyl groups is 1. The van der Waals surface area contributed by atoms with Gasteiger partial charge in [-0.15, -0.1) is 16.8 Å². The summed E-state index contributed by atoms with van der Waals surface area (Å²) >= 11 is 3.40. The summed E-state index contributed by atoms with van der Waals surface area (Å²) in [4.78, 5) is 11.7. The number of hydrogen-bond acceptors (Lipinski definition) is 3. The molecule has 1 aromatic heterocycles. The molecule has 0 aliphatic heterocycles.